The summed E-state index contributed by atoms with van der Waals surface area (Å²) in [4.78, 5) is 40.3. The fraction of sp³-hybridized carbons (Fsp3) is 0.438. The van der Waals surface area contributed by atoms with Crippen molar-refractivity contribution in [3.05, 3.63) is 35.9 Å². The van der Waals surface area contributed by atoms with Gasteiger partial charge in [0, 0.05) is 12.8 Å². The minimum Gasteiger partial charge on any atom is -0.448 e. The van der Waals surface area contributed by atoms with E-state index >= 15 is 0 Å². The van der Waals surface area contributed by atoms with E-state index < -0.39 is 39.7 Å². The number of alkyl carbamates (subject to hydrolysis) is 1. The van der Waals surface area contributed by atoms with Crippen LogP contribution in [-0.2, 0) is 35.6 Å². The van der Waals surface area contributed by atoms with Gasteiger partial charge in [-0.15, -0.1) is 0 Å². The molecule has 10 nitrogen and oxygen atoms in total. The van der Waals surface area contributed by atoms with Gasteiger partial charge in [-0.1, -0.05) is 30.3 Å². The summed E-state index contributed by atoms with van der Waals surface area (Å²) < 4.78 is 26.6. The third-order valence-corrected chi connectivity index (χ3v) is 4.61. The summed E-state index contributed by atoms with van der Waals surface area (Å²) >= 11 is 0. The van der Waals surface area contributed by atoms with Crippen molar-refractivity contribution in [1.29, 1.82) is 0 Å². The minimum atomic E-state index is -3.23. The van der Waals surface area contributed by atoms with Crippen molar-refractivity contribution in [2.75, 3.05) is 25.2 Å². The molecule has 0 aromatic heterocycles. The van der Waals surface area contributed by atoms with Crippen LogP contribution in [0.25, 0.3) is 0 Å². The number of β-lactam (4-membered cyclic amide) rings is 1. The van der Waals surface area contributed by atoms with E-state index in [2.05, 4.69) is 16.1 Å². The van der Waals surface area contributed by atoms with Crippen LogP contribution in [0.3, 0.4) is 0 Å². The molecule has 2 rings (SSSR count). The van der Waals surface area contributed by atoms with Crippen LogP contribution in [0.5, 0.6) is 0 Å². The van der Waals surface area contributed by atoms with Gasteiger partial charge in [-0.05, 0) is 5.56 Å². The normalized spacial score (nSPS) is 18.8. The van der Waals surface area contributed by atoms with E-state index in [1.807, 2.05) is 30.3 Å². The fourth-order valence-electron chi connectivity index (χ4n) is 2.27. The second-order valence-electron chi connectivity index (χ2n) is 5.98. The Morgan fingerprint density at radius 2 is 1.93 bits per heavy atom. The Morgan fingerprint density at radius 3 is 2.56 bits per heavy atom. The largest absolute Gasteiger partial charge is 0.448 e. The van der Waals surface area contributed by atoms with E-state index in [0.29, 0.717) is 0 Å². The average Bonchev–Trinajstić information content (AvgIpc) is 2.58. The van der Waals surface area contributed by atoms with Crippen LogP contribution in [0, 0.1) is 5.92 Å². The minimum absolute atomic E-state index is 0.0414. The van der Waals surface area contributed by atoms with Crippen LogP contribution in [0.15, 0.2) is 30.3 Å². The van der Waals surface area contributed by atoms with Crippen molar-refractivity contribution in [1.82, 2.24) is 16.1 Å². The van der Waals surface area contributed by atoms with Crippen LogP contribution >= 0.6 is 0 Å². The molecule has 1 fully saturated rings. The lowest BCUT2D eigenvalue weighted by molar-refractivity contribution is -0.152. The number of hydrogen-bond acceptors (Lipinski definition) is 7. The molecule has 0 aliphatic carbocycles. The summed E-state index contributed by atoms with van der Waals surface area (Å²) in [6.07, 6.45) is 0.195. The van der Waals surface area contributed by atoms with Crippen molar-refractivity contribution in [2.45, 2.75) is 12.6 Å². The zero-order valence-corrected chi connectivity index (χ0v) is 15.5. The number of benzene rings is 1. The first-order chi connectivity index (χ1) is 12.8. The molecule has 1 aliphatic rings. The van der Waals surface area contributed by atoms with Crippen LogP contribution in [0.1, 0.15) is 5.56 Å². The van der Waals surface area contributed by atoms with Gasteiger partial charge in [0.25, 0.3) is 5.91 Å². The van der Waals surface area contributed by atoms with Gasteiger partial charge < -0.3 is 15.4 Å². The van der Waals surface area contributed by atoms with Crippen molar-refractivity contribution in [3.63, 3.8) is 0 Å². The Labute approximate surface area is 156 Å². The lowest BCUT2D eigenvalue weighted by Gasteiger charge is -2.35. The topological polar surface area (TPSA) is 140 Å². The molecule has 1 aromatic carbocycles. The van der Waals surface area contributed by atoms with Crippen LogP contribution in [0.4, 0.5) is 4.79 Å². The number of carbonyl (C=O) groups is 3. The molecule has 2 unspecified atom stereocenters. The summed E-state index contributed by atoms with van der Waals surface area (Å²) in [5, 5.41) is 4.86. The van der Waals surface area contributed by atoms with Crippen LogP contribution in [0.2, 0.25) is 0 Å². The second kappa shape index (κ2) is 9.33. The summed E-state index contributed by atoms with van der Waals surface area (Å²) in [5.41, 5.74) is 3.07. The van der Waals surface area contributed by atoms with Crippen LogP contribution < -0.4 is 16.1 Å². The number of carbonyl (C=O) groups excluding carboxylic acids is 3. The molecule has 2 atom stereocenters. The summed E-state index contributed by atoms with van der Waals surface area (Å²) in [6.45, 7) is -0.171. The first-order valence-electron chi connectivity index (χ1n) is 8.10. The van der Waals surface area contributed by atoms with E-state index in [9.17, 15) is 22.8 Å². The zero-order valence-electron chi connectivity index (χ0n) is 14.6. The Hall–Kier alpha value is -2.66. The fourth-order valence-corrected chi connectivity index (χ4v) is 2.66. The lowest BCUT2D eigenvalue weighted by atomic mass is 9.90. The number of nitrogens with one attached hydrogen (secondary N) is 3. The monoisotopic (exact) mass is 399 g/mol. The molecule has 148 valence electrons. The zero-order chi connectivity index (χ0) is 19.9. The number of amides is 3. The Kier molecular flexibility index (Phi) is 7.13. The van der Waals surface area contributed by atoms with E-state index in [-0.39, 0.29) is 25.5 Å². The molecule has 1 heterocycles. The summed E-state index contributed by atoms with van der Waals surface area (Å²) in [7, 11) is -3.23. The number of sulfone groups is 1. The molecule has 0 saturated carbocycles. The third-order valence-electron chi connectivity index (χ3n) is 3.70. The molecule has 27 heavy (non-hydrogen) atoms. The Morgan fingerprint density at radius 1 is 1.22 bits per heavy atom. The molecule has 3 N–H and O–H groups in total. The molecule has 1 aliphatic heterocycles. The van der Waals surface area contributed by atoms with Gasteiger partial charge in [-0.3, -0.25) is 14.4 Å². The molecule has 0 radical (unpaired) electrons. The van der Waals surface area contributed by atoms with Crippen molar-refractivity contribution >= 4 is 27.7 Å². The molecule has 0 bridgehead atoms. The molecule has 1 saturated heterocycles. The quantitative estimate of drug-likeness (QED) is 0.278. The smallest absolute Gasteiger partial charge is 0.407 e. The number of rotatable bonds is 9. The predicted molar refractivity (Wildman–Crippen MR) is 93.9 cm³/mol. The van der Waals surface area contributed by atoms with Gasteiger partial charge in [0.15, 0.2) is 9.84 Å². The second-order valence-corrected chi connectivity index (χ2v) is 8.24. The maximum Gasteiger partial charge on any atom is 0.407 e. The molecule has 3 amide bonds. The third kappa shape index (κ3) is 6.87. The lowest BCUT2D eigenvalue weighted by Crippen LogP contribution is -2.66. The van der Waals surface area contributed by atoms with Crippen molar-refractivity contribution in [3.8, 4) is 0 Å². The highest BCUT2D eigenvalue weighted by molar-refractivity contribution is 7.90. The Bertz CT molecular complexity index is 782. The van der Waals surface area contributed by atoms with Crippen LogP contribution in [-0.4, -0.2) is 57.5 Å². The first kappa shape index (κ1) is 20.6. The molecule has 0 spiro atoms. The van der Waals surface area contributed by atoms with Gasteiger partial charge in [0.2, 0.25) is 5.91 Å². The summed E-state index contributed by atoms with van der Waals surface area (Å²) in [5.74, 6) is -2.39. The maximum atomic E-state index is 12.1. The van der Waals surface area contributed by atoms with E-state index in [4.69, 9.17) is 9.57 Å². The number of ether oxygens (including phenoxy) is 1. The Balaban J connectivity index is 1.69. The van der Waals surface area contributed by atoms with Gasteiger partial charge >= 0.3 is 6.09 Å². The SMILES string of the molecule is CS(=O)(=O)CCOC(=O)NCC1NC(=O)C1C(=O)NOCc1ccccc1. The van der Waals surface area contributed by atoms with Gasteiger partial charge in [0.05, 0.1) is 18.4 Å². The maximum absolute atomic E-state index is 12.1. The predicted octanol–water partition coefficient (Wildman–Crippen LogP) is -0.880. The highest BCUT2D eigenvalue weighted by Crippen LogP contribution is 2.15. The van der Waals surface area contributed by atoms with Crippen molar-refractivity contribution in [2.24, 2.45) is 5.92 Å². The molecule has 11 heteroatoms. The van der Waals surface area contributed by atoms with Gasteiger partial charge in [-0.25, -0.2) is 18.7 Å². The first-order valence-corrected chi connectivity index (χ1v) is 10.2. The van der Waals surface area contributed by atoms with Gasteiger partial charge in [-0.2, -0.15) is 0 Å². The highest BCUT2D eigenvalue weighted by Gasteiger charge is 2.44. The molecule has 1 aromatic rings. The summed E-state index contributed by atoms with van der Waals surface area (Å²) in [6, 6.07) is 8.55. The van der Waals surface area contributed by atoms with E-state index in [1.165, 1.54) is 0 Å². The molecular formula is C16H21N3O7S. The standard InChI is InChI=1S/C16H21N3O7S/c1-27(23,24)8-7-25-16(22)17-9-12-13(14(20)18-12)15(21)19-26-10-11-5-3-2-4-6-11/h2-6,12-13H,7-10H2,1H3,(H,17,22)(H,18,20)(H,19,21). The van der Waals surface area contributed by atoms with E-state index in [0.717, 1.165) is 11.8 Å². The van der Waals surface area contributed by atoms with Gasteiger partial charge in [0.1, 0.15) is 12.5 Å². The number of hydroxylamine groups is 1. The molecular weight excluding hydrogens is 378 g/mol. The highest BCUT2D eigenvalue weighted by atomic mass is 32.2. The average molecular weight is 399 g/mol. The van der Waals surface area contributed by atoms with Crippen molar-refractivity contribution < 1.29 is 32.4 Å². The number of hydrogen-bond donors (Lipinski definition) is 3. The van der Waals surface area contributed by atoms with E-state index in [1.54, 1.807) is 0 Å².